The van der Waals surface area contributed by atoms with Gasteiger partial charge in [-0.15, -0.1) is 22.7 Å². The molecule has 4 aromatic heterocycles. The molecule has 4 heterocycles. The van der Waals surface area contributed by atoms with Crippen molar-refractivity contribution in [1.82, 2.24) is 9.46 Å². The standard InChI is InChI=1S/C14H8Cl2N4O2S4/c15-5-1-7(23-3-5)9-11(25-13(17)19(9)21)12-10(20(22)14(18)26-12)8-2-6(16)4-24-8/h1-4,17-18,21-22H. The second-order valence-corrected chi connectivity index (χ2v) is 9.75. The second kappa shape index (κ2) is 6.55. The van der Waals surface area contributed by atoms with Crippen LogP contribution < -0.4 is 9.60 Å². The van der Waals surface area contributed by atoms with Crippen molar-refractivity contribution in [1.29, 1.82) is 10.8 Å². The first-order valence-electron chi connectivity index (χ1n) is 6.85. The molecule has 0 saturated heterocycles. The Morgan fingerprint density at radius 1 is 0.769 bits per heavy atom. The maximum absolute atomic E-state index is 10.4. The fourth-order valence-electron chi connectivity index (χ4n) is 2.39. The summed E-state index contributed by atoms with van der Waals surface area (Å²) < 4.78 is 1.58. The number of hydrogen-bond acceptors (Lipinski definition) is 8. The van der Waals surface area contributed by atoms with Crippen molar-refractivity contribution < 1.29 is 10.4 Å². The molecule has 0 saturated carbocycles. The molecule has 4 N–H and O–H groups in total. The second-order valence-electron chi connectivity index (χ2n) is 5.05. The van der Waals surface area contributed by atoms with Crippen molar-refractivity contribution in [2.24, 2.45) is 0 Å². The van der Waals surface area contributed by atoms with E-state index in [4.69, 9.17) is 34.0 Å². The molecule has 6 nitrogen and oxygen atoms in total. The highest BCUT2D eigenvalue weighted by Gasteiger charge is 2.25. The number of hydrogen-bond donors (Lipinski definition) is 4. The number of halogens is 2. The Balaban J connectivity index is 2.04. The predicted molar refractivity (Wildman–Crippen MR) is 106 cm³/mol. The van der Waals surface area contributed by atoms with Crippen LogP contribution in [0.3, 0.4) is 0 Å². The fourth-order valence-corrected chi connectivity index (χ4v) is 6.69. The first-order valence-corrected chi connectivity index (χ1v) is 11.0. The molecular formula is C14H8Cl2N4O2S4. The van der Waals surface area contributed by atoms with Gasteiger partial charge < -0.3 is 10.4 Å². The van der Waals surface area contributed by atoms with E-state index < -0.39 is 0 Å². The molecule has 26 heavy (non-hydrogen) atoms. The van der Waals surface area contributed by atoms with E-state index in [1.165, 1.54) is 22.7 Å². The Kier molecular flexibility index (Phi) is 4.49. The summed E-state index contributed by atoms with van der Waals surface area (Å²) in [5, 5.41) is 41.2. The van der Waals surface area contributed by atoms with E-state index in [0.717, 1.165) is 32.1 Å². The summed E-state index contributed by atoms with van der Waals surface area (Å²) in [7, 11) is 0. The lowest BCUT2D eigenvalue weighted by Gasteiger charge is -2.04. The highest BCUT2D eigenvalue weighted by Crippen LogP contribution is 2.44. The molecule has 12 heteroatoms. The zero-order chi connectivity index (χ0) is 18.6. The highest BCUT2D eigenvalue weighted by molar-refractivity contribution is 7.21. The van der Waals surface area contributed by atoms with Gasteiger partial charge in [0.2, 0.25) is 9.60 Å². The van der Waals surface area contributed by atoms with Crippen LogP contribution in [0.5, 0.6) is 0 Å². The number of thiazole rings is 2. The SMILES string of the molecule is N=c1sc(-c2sc(=N)n(O)c2-c2cc(Cl)cs2)c(-c2cc(Cl)cs2)n1O. The molecule has 0 bridgehead atoms. The van der Waals surface area contributed by atoms with Gasteiger partial charge in [-0.2, -0.15) is 9.46 Å². The van der Waals surface area contributed by atoms with E-state index in [1.807, 2.05) is 0 Å². The van der Waals surface area contributed by atoms with E-state index >= 15 is 0 Å². The molecule has 0 aliphatic carbocycles. The highest BCUT2D eigenvalue weighted by atomic mass is 35.5. The minimum absolute atomic E-state index is 0.0703. The number of nitrogens with zero attached hydrogens (tertiary/aromatic N) is 2. The lowest BCUT2D eigenvalue weighted by Crippen LogP contribution is -2.10. The van der Waals surface area contributed by atoms with Crippen molar-refractivity contribution in [3.63, 3.8) is 0 Å². The quantitative estimate of drug-likeness (QED) is 0.311. The third-order valence-electron chi connectivity index (χ3n) is 3.44. The van der Waals surface area contributed by atoms with Crippen LogP contribution in [0.25, 0.3) is 30.9 Å². The number of thiophene rings is 2. The number of nitrogens with one attached hydrogen (secondary N) is 2. The maximum Gasteiger partial charge on any atom is 0.217 e. The summed E-state index contributed by atoms with van der Waals surface area (Å²) in [6.45, 7) is 0. The molecule has 0 radical (unpaired) electrons. The van der Waals surface area contributed by atoms with Crippen molar-refractivity contribution >= 4 is 68.5 Å². The van der Waals surface area contributed by atoms with Crippen LogP contribution in [-0.2, 0) is 0 Å². The molecule has 0 fully saturated rings. The molecule has 0 spiro atoms. The van der Waals surface area contributed by atoms with Gasteiger partial charge in [-0.05, 0) is 12.1 Å². The summed E-state index contributed by atoms with van der Waals surface area (Å²) in [5.41, 5.74) is 0.810. The third-order valence-corrected chi connectivity index (χ3v) is 8.08. The lowest BCUT2D eigenvalue weighted by atomic mass is 10.2. The third kappa shape index (κ3) is 2.82. The van der Waals surface area contributed by atoms with Crippen molar-refractivity contribution in [2.45, 2.75) is 0 Å². The minimum Gasteiger partial charge on any atom is -0.425 e. The predicted octanol–water partition coefficient (Wildman–Crippen LogP) is 5.28. The monoisotopic (exact) mass is 462 g/mol. The van der Waals surface area contributed by atoms with Crippen LogP contribution in [-0.4, -0.2) is 19.9 Å². The minimum atomic E-state index is -0.0703. The van der Waals surface area contributed by atoms with Gasteiger partial charge in [-0.3, -0.25) is 10.8 Å². The Morgan fingerprint density at radius 2 is 1.15 bits per heavy atom. The van der Waals surface area contributed by atoms with Crippen LogP contribution in [0, 0.1) is 10.8 Å². The normalized spacial score (nSPS) is 11.3. The van der Waals surface area contributed by atoms with Crippen LogP contribution in [0.4, 0.5) is 0 Å². The van der Waals surface area contributed by atoms with Gasteiger partial charge in [-0.25, -0.2) is 0 Å². The van der Waals surface area contributed by atoms with E-state index in [9.17, 15) is 10.4 Å². The first kappa shape index (κ1) is 17.8. The average Bonchev–Trinajstić information content (AvgIpc) is 3.32. The molecule has 0 aromatic carbocycles. The lowest BCUT2D eigenvalue weighted by molar-refractivity contribution is 0.180. The number of aromatic nitrogens is 2. The molecule has 0 amide bonds. The summed E-state index contributed by atoms with van der Waals surface area (Å²) in [5.74, 6) is 0. The number of rotatable bonds is 3. The van der Waals surface area contributed by atoms with E-state index in [-0.39, 0.29) is 9.60 Å². The molecule has 4 rings (SSSR count). The topological polar surface area (TPSA) is 98.0 Å². The van der Waals surface area contributed by atoms with Crippen molar-refractivity contribution in [3.05, 3.63) is 42.5 Å². The molecular weight excluding hydrogens is 455 g/mol. The van der Waals surface area contributed by atoms with Crippen LogP contribution >= 0.6 is 68.5 Å². The van der Waals surface area contributed by atoms with Crippen molar-refractivity contribution in [2.75, 3.05) is 0 Å². The molecule has 0 aliphatic rings. The summed E-state index contributed by atoms with van der Waals surface area (Å²) in [6, 6.07) is 3.40. The van der Waals surface area contributed by atoms with Crippen molar-refractivity contribution in [3.8, 4) is 30.9 Å². The van der Waals surface area contributed by atoms with Gasteiger partial charge in [0.1, 0.15) is 11.4 Å². The van der Waals surface area contributed by atoms with Gasteiger partial charge in [-0.1, -0.05) is 45.9 Å². The Hall–Kier alpha value is -1.56. The zero-order valence-corrected chi connectivity index (χ0v) is 17.3. The van der Waals surface area contributed by atoms with E-state index in [1.54, 1.807) is 22.9 Å². The summed E-state index contributed by atoms with van der Waals surface area (Å²) in [4.78, 5) is 2.37. The van der Waals surface area contributed by atoms with E-state index in [2.05, 4.69) is 0 Å². The molecule has 0 unspecified atom stereocenters. The Morgan fingerprint density at radius 3 is 1.46 bits per heavy atom. The van der Waals surface area contributed by atoms with Gasteiger partial charge in [0.05, 0.1) is 29.6 Å². The van der Waals surface area contributed by atoms with Gasteiger partial charge in [0.25, 0.3) is 0 Å². The smallest absolute Gasteiger partial charge is 0.217 e. The first-order chi connectivity index (χ1) is 12.4. The molecule has 0 atom stereocenters. The van der Waals surface area contributed by atoms with Crippen LogP contribution in [0.2, 0.25) is 10.0 Å². The van der Waals surface area contributed by atoms with E-state index in [0.29, 0.717) is 40.9 Å². The van der Waals surface area contributed by atoms with Gasteiger partial charge in [0, 0.05) is 10.8 Å². The van der Waals surface area contributed by atoms with Gasteiger partial charge >= 0.3 is 0 Å². The zero-order valence-electron chi connectivity index (χ0n) is 12.5. The average molecular weight is 463 g/mol. The Labute approximate surface area is 171 Å². The molecule has 134 valence electrons. The molecule has 0 aliphatic heterocycles. The largest absolute Gasteiger partial charge is 0.425 e. The van der Waals surface area contributed by atoms with Crippen LogP contribution in [0.1, 0.15) is 0 Å². The van der Waals surface area contributed by atoms with Gasteiger partial charge in [0.15, 0.2) is 0 Å². The maximum atomic E-state index is 10.4. The molecule has 4 aromatic rings. The summed E-state index contributed by atoms with van der Waals surface area (Å²) in [6.07, 6.45) is 0. The fraction of sp³-hybridized carbons (Fsp3) is 0. The Bertz CT molecular complexity index is 1150. The van der Waals surface area contributed by atoms with Crippen LogP contribution in [0.15, 0.2) is 22.9 Å². The summed E-state index contributed by atoms with van der Waals surface area (Å²) >= 11 is 16.8.